The first-order chi connectivity index (χ1) is 12.9. The first kappa shape index (κ1) is 18.4. The molecule has 3 N–H and O–H groups in total. The van der Waals surface area contributed by atoms with E-state index in [9.17, 15) is 17.6 Å². The van der Waals surface area contributed by atoms with E-state index in [0.717, 1.165) is 12.3 Å². The zero-order chi connectivity index (χ0) is 19.4. The molecule has 0 bridgehead atoms. The van der Waals surface area contributed by atoms with Crippen LogP contribution in [-0.2, 0) is 10.0 Å². The van der Waals surface area contributed by atoms with Crippen molar-refractivity contribution in [2.75, 3.05) is 17.1 Å². The summed E-state index contributed by atoms with van der Waals surface area (Å²) in [7, 11) is -2.72. The van der Waals surface area contributed by atoms with Crippen LogP contribution in [0.2, 0.25) is 0 Å². The van der Waals surface area contributed by atoms with Crippen molar-refractivity contribution in [3.8, 4) is 5.75 Å². The van der Waals surface area contributed by atoms with Gasteiger partial charge in [-0.15, -0.1) is 0 Å². The van der Waals surface area contributed by atoms with Gasteiger partial charge in [-0.1, -0.05) is 18.2 Å². The van der Waals surface area contributed by atoms with Gasteiger partial charge >= 0.3 is 0 Å². The fourth-order valence-corrected chi connectivity index (χ4v) is 3.42. The van der Waals surface area contributed by atoms with E-state index in [2.05, 4.69) is 20.2 Å². The molecule has 0 aliphatic carbocycles. The number of carbonyl (C=O) groups is 1. The third-order valence-corrected chi connectivity index (χ3v) is 4.92. The Labute approximate surface area is 154 Å². The molecule has 1 heterocycles. The molecule has 0 radical (unpaired) electrons. The van der Waals surface area contributed by atoms with Crippen LogP contribution in [0.1, 0.15) is 10.4 Å². The monoisotopic (exact) mass is 390 g/mol. The van der Waals surface area contributed by atoms with Crippen LogP contribution in [0, 0.1) is 5.82 Å². The van der Waals surface area contributed by atoms with Crippen molar-refractivity contribution >= 4 is 27.3 Å². The van der Waals surface area contributed by atoms with Crippen molar-refractivity contribution in [2.24, 2.45) is 0 Å². The third kappa shape index (κ3) is 4.06. The van der Waals surface area contributed by atoms with Gasteiger partial charge in [-0.05, 0) is 24.3 Å². The lowest BCUT2D eigenvalue weighted by Crippen LogP contribution is -2.20. The number of sulfonamides is 1. The molecule has 0 aliphatic heterocycles. The van der Waals surface area contributed by atoms with Crippen LogP contribution in [0.4, 0.5) is 15.8 Å². The van der Waals surface area contributed by atoms with Crippen LogP contribution in [0.25, 0.3) is 0 Å². The normalized spacial score (nSPS) is 11.0. The van der Waals surface area contributed by atoms with Gasteiger partial charge in [0, 0.05) is 11.8 Å². The number of aromatic nitrogens is 2. The van der Waals surface area contributed by atoms with Gasteiger partial charge < -0.3 is 10.1 Å². The molecule has 1 amide bonds. The Kier molecular flexibility index (Phi) is 5.08. The first-order valence-corrected chi connectivity index (χ1v) is 9.15. The number of aromatic amines is 1. The minimum absolute atomic E-state index is 0.124. The van der Waals surface area contributed by atoms with Crippen LogP contribution in [0.5, 0.6) is 5.75 Å². The summed E-state index contributed by atoms with van der Waals surface area (Å²) in [6.07, 6.45) is 1.05. The van der Waals surface area contributed by atoms with E-state index in [1.165, 1.54) is 19.2 Å². The molecule has 2 aromatic carbocycles. The summed E-state index contributed by atoms with van der Waals surface area (Å²) in [6.45, 7) is 0. The maximum Gasteiger partial charge on any atom is 0.279 e. The molecule has 0 unspecified atom stereocenters. The second kappa shape index (κ2) is 7.46. The number of halogens is 1. The number of nitrogens with one attached hydrogen (secondary N) is 3. The number of H-pyrrole nitrogens is 1. The van der Waals surface area contributed by atoms with E-state index in [4.69, 9.17) is 4.74 Å². The van der Waals surface area contributed by atoms with Gasteiger partial charge in [0.05, 0.1) is 24.6 Å². The summed E-state index contributed by atoms with van der Waals surface area (Å²) in [5.41, 5.74) is -0.0605. The Morgan fingerprint density at radius 2 is 1.93 bits per heavy atom. The number of anilines is 2. The Hall–Kier alpha value is -3.40. The maximum atomic E-state index is 14.0. The van der Waals surface area contributed by atoms with Crippen LogP contribution in [0.3, 0.4) is 0 Å². The van der Waals surface area contributed by atoms with Crippen molar-refractivity contribution in [3.63, 3.8) is 0 Å². The summed E-state index contributed by atoms with van der Waals surface area (Å²) in [5.74, 6) is -1.27. The SMILES string of the molecule is COc1ccc(NC(=O)c2cn[nH]c2S(=O)(=O)Nc2ccccc2)c(F)c1. The Morgan fingerprint density at radius 3 is 2.59 bits per heavy atom. The van der Waals surface area contributed by atoms with Gasteiger partial charge in [0.2, 0.25) is 0 Å². The van der Waals surface area contributed by atoms with E-state index < -0.39 is 26.8 Å². The predicted molar refractivity (Wildman–Crippen MR) is 96.7 cm³/mol. The highest BCUT2D eigenvalue weighted by molar-refractivity contribution is 7.92. The van der Waals surface area contributed by atoms with Crippen molar-refractivity contribution in [1.29, 1.82) is 0 Å². The fourth-order valence-electron chi connectivity index (χ4n) is 2.27. The molecule has 0 aliphatic rings. The first-order valence-electron chi connectivity index (χ1n) is 7.67. The molecule has 0 spiro atoms. The molecule has 27 heavy (non-hydrogen) atoms. The van der Waals surface area contributed by atoms with Crippen LogP contribution < -0.4 is 14.8 Å². The second-order valence-corrected chi connectivity index (χ2v) is 7.00. The van der Waals surface area contributed by atoms with Crippen molar-refractivity contribution in [2.45, 2.75) is 5.03 Å². The maximum absolute atomic E-state index is 14.0. The Morgan fingerprint density at radius 1 is 1.19 bits per heavy atom. The quantitative estimate of drug-likeness (QED) is 0.599. The summed E-state index contributed by atoms with van der Waals surface area (Å²) in [4.78, 5) is 12.4. The lowest BCUT2D eigenvalue weighted by molar-refractivity contribution is 0.102. The average molecular weight is 390 g/mol. The molecule has 140 valence electrons. The van der Waals surface area contributed by atoms with Crippen molar-refractivity contribution in [1.82, 2.24) is 10.2 Å². The van der Waals surface area contributed by atoms with E-state index >= 15 is 0 Å². The van der Waals surface area contributed by atoms with Gasteiger partial charge in [0.15, 0.2) is 5.03 Å². The summed E-state index contributed by atoms with van der Waals surface area (Å²) < 4.78 is 46.3. The zero-order valence-corrected chi connectivity index (χ0v) is 14.9. The minimum atomic E-state index is -4.10. The number of benzene rings is 2. The van der Waals surface area contributed by atoms with Crippen LogP contribution in [0.15, 0.2) is 59.8 Å². The van der Waals surface area contributed by atoms with Gasteiger partial charge in [0.1, 0.15) is 11.6 Å². The highest BCUT2D eigenvalue weighted by atomic mass is 32.2. The molecule has 3 aromatic rings. The number of amides is 1. The molecule has 0 fully saturated rings. The predicted octanol–water partition coefficient (Wildman–Crippen LogP) is 2.61. The Bertz CT molecular complexity index is 1070. The highest BCUT2D eigenvalue weighted by Crippen LogP contribution is 2.22. The topological polar surface area (TPSA) is 113 Å². The van der Waals surface area contributed by atoms with E-state index in [0.29, 0.717) is 5.69 Å². The summed E-state index contributed by atoms with van der Waals surface area (Å²) >= 11 is 0. The number of hydrogen-bond donors (Lipinski definition) is 3. The van der Waals surface area contributed by atoms with E-state index in [1.54, 1.807) is 30.3 Å². The number of hydrogen-bond acceptors (Lipinski definition) is 5. The zero-order valence-electron chi connectivity index (χ0n) is 14.1. The van der Waals surface area contributed by atoms with Crippen molar-refractivity contribution < 1.29 is 22.3 Å². The van der Waals surface area contributed by atoms with Gasteiger partial charge in [-0.2, -0.15) is 13.5 Å². The minimum Gasteiger partial charge on any atom is -0.497 e. The highest BCUT2D eigenvalue weighted by Gasteiger charge is 2.25. The van der Waals surface area contributed by atoms with E-state index in [-0.39, 0.29) is 17.0 Å². The molecule has 3 rings (SSSR count). The van der Waals surface area contributed by atoms with Gasteiger partial charge in [-0.25, -0.2) is 4.39 Å². The fraction of sp³-hybridized carbons (Fsp3) is 0.0588. The molecule has 0 saturated carbocycles. The van der Waals surface area contributed by atoms with Crippen LogP contribution in [-0.4, -0.2) is 31.6 Å². The number of carbonyl (C=O) groups excluding carboxylic acids is 1. The van der Waals surface area contributed by atoms with Gasteiger partial charge in [0.25, 0.3) is 15.9 Å². The molecule has 10 heteroatoms. The molecule has 8 nitrogen and oxygen atoms in total. The average Bonchev–Trinajstić information content (AvgIpc) is 3.15. The lowest BCUT2D eigenvalue weighted by atomic mass is 10.2. The summed E-state index contributed by atoms with van der Waals surface area (Å²) in [6, 6.07) is 12.0. The molecular weight excluding hydrogens is 375 g/mol. The van der Waals surface area contributed by atoms with Gasteiger partial charge in [-0.3, -0.25) is 14.6 Å². The number of ether oxygens (including phenoxy) is 1. The number of nitrogens with zero attached hydrogens (tertiary/aromatic N) is 1. The molecule has 0 atom stereocenters. The van der Waals surface area contributed by atoms with Crippen molar-refractivity contribution in [3.05, 3.63) is 66.1 Å². The van der Waals surface area contributed by atoms with Crippen LogP contribution >= 0.6 is 0 Å². The van der Waals surface area contributed by atoms with E-state index in [1.807, 2.05) is 0 Å². The smallest absolute Gasteiger partial charge is 0.279 e. The number of methoxy groups -OCH3 is 1. The molecular formula is C17H15FN4O4S. The summed E-state index contributed by atoms with van der Waals surface area (Å²) in [5, 5.41) is 7.80. The lowest BCUT2D eigenvalue weighted by Gasteiger charge is -2.10. The largest absolute Gasteiger partial charge is 0.497 e. The third-order valence-electron chi connectivity index (χ3n) is 3.57. The number of para-hydroxylation sites is 1. The molecule has 0 saturated heterocycles. The standard InChI is InChI=1S/C17H15FN4O4S/c1-26-12-7-8-15(14(18)9-12)20-16(23)13-10-19-21-17(13)27(24,25)22-11-5-3-2-4-6-11/h2-10,22H,1H3,(H,19,21)(H,20,23). The number of rotatable bonds is 6. The molecule has 1 aromatic heterocycles. The Balaban J connectivity index is 1.85. The second-order valence-electron chi connectivity index (χ2n) is 5.38.